The van der Waals surface area contributed by atoms with E-state index in [1.54, 1.807) is 0 Å². The van der Waals surface area contributed by atoms with E-state index in [1.807, 2.05) is 34.7 Å². The molecule has 1 aromatic heterocycles. The molecule has 1 unspecified atom stereocenters. The molecule has 0 aliphatic carbocycles. The van der Waals surface area contributed by atoms with Crippen LogP contribution < -0.4 is 0 Å². The summed E-state index contributed by atoms with van der Waals surface area (Å²) in [5.74, 6) is 0.134. The zero-order valence-electron chi connectivity index (χ0n) is 12.7. The van der Waals surface area contributed by atoms with Crippen molar-refractivity contribution in [1.82, 2.24) is 19.9 Å². The maximum atomic E-state index is 12.8. The highest BCUT2D eigenvalue weighted by Gasteiger charge is 2.26. The van der Waals surface area contributed by atoms with Crippen LogP contribution in [0.15, 0.2) is 18.2 Å². The first-order chi connectivity index (χ1) is 10.2. The first kappa shape index (κ1) is 14.0. The number of aromatic nitrogens is 3. The molecule has 2 aromatic rings. The van der Waals surface area contributed by atoms with Crippen LogP contribution in [-0.4, -0.2) is 38.4 Å². The Labute approximate surface area is 124 Å². The molecule has 2 heterocycles. The van der Waals surface area contributed by atoms with Crippen molar-refractivity contribution in [1.29, 1.82) is 0 Å². The number of benzene rings is 1. The van der Waals surface area contributed by atoms with Gasteiger partial charge in [0.2, 0.25) is 0 Å². The summed E-state index contributed by atoms with van der Waals surface area (Å²) in [4.78, 5) is 14.8. The van der Waals surface area contributed by atoms with Gasteiger partial charge in [-0.15, -0.1) is 5.10 Å². The molecule has 0 saturated carbocycles. The van der Waals surface area contributed by atoms with Crippen LogP contribution in [-0.2, 0) is 6.54 Å². The first-order valence-corrected chi connectivity index (χ1v) is 7.88. The smallest absolute Gasteiger partial charge is 0.254 e. The lowest BCUT2D eigenvalue weighted by Gasteiger charge is -2.35. The Kier molecular flexibility index (Phi) is 3.90. The number of carbonyl (C=O) groups excluding carboxylic acids is 1. The normalized spacial score (nSPS) is 19.1. The fourth-order valence-electron chi connectivity index (χ4n) is 3.20. The third-order valence-electron chi connectivity index (χ3n) is 4.42. The number of aryl methyl sites for hydroxylation is 1. The summed E-state index contributed by atoms with van der Waals surface area (Å²) >= 11 is 0. The highest BCUT2D eigenvalue weighted by molar-refractivity contribution is 5.97. The largest absolute Gasteiger partial charge is 0.336 e. The monoisotopic (exact) mass is 286 g/mol. The number of hydrogen-bond donors (Lipinski definition) is 0. The average molecular weight is 286 g/mol. The maximum Gasteiger partial charge on any atom is 0.254 e. The first-order valence-electron chi connectivity index (χ1n) is 7.88. The van der Waals surface area contributed by atoms with Crippen LogP contribution >= 0.6 is 0 Å². The molecule has 0 spiro atoms. The summed E-state index contributed by atoms with van der Waals surface area (Å²) in [6.45, 7) is 5.85. The minimum Gasteiger partial charge on any atom is -0.336 e. The summed E-state index contributed by atoms with van der Waals surface area (Å²) in [7, 11) is 0. The summed E-state index contributed by atoms with van der Waals surface area (Å²) in [5, 5.41) is 8.26. The molecule has 112 valence electrons. The zero-order valence-corrected chi connectivity index (χ0v) is 12.7. The summed E-state index contributed by atoms with van der Waals surface area (Å²) in [5.41, 5.74) is 2.51. The van der Waals surface area contributed by atoms with Crippen LogP contribution in [0, 0.1) is 0 Å². The van der Waals surface area contributed by atoms with Gasteiger partial charge >= 0.3 is 0 Å². The van der Waals surface area contributed by atoms with Crippen LogP contribution in [0.2, 0.25) is 0 Å². The predicted molar refractivity (Wildman–Crippen MR) is 82.2 cm³/mol. The van der Waals surface area contributed by atoms with Crippen LogP contribution in [0.4, 0.5) is 0 Å². The van der Waals surface area contributed by atoms with Crippen molar-refractivity contribution in [3.05, 3.63) is 23.8 Å². The highest BCUT2D eigenvalue weighted by atomic mass is 16.2. The molecule has 0 radical (unpaired) electrons. The zero-order chi connectivity index (χ0) is 14.8. The summed E-state index contributed by atoms with van der Waals surface area (Å²) in [6.07, 6.45) is 4.49. The molecule has 1 fully saturated rings. The van der Waals surface area contributed by atoms with E-state index in [9.17, 15) is 4.79 Å². The molecule has 1 aromatic carbocycles. The van der Waals surface area contributed by atoms with Crippen LogP contribution in [0.1, 0.15) is 49.9 Å². The lowest BCUT2D eigenvalue weighted by Crippen LogP contribution is -2.43. The van der Waals surface area contributed by atoms with Crippen molar-refractivity contribution < 1.29 is 4.79 Å². The maximum absolute atomic E-state index is 12.8. The Balaban J connectivity index is 1.90. The van der Waals surface area contributed by atoms with Gasteiger partial charge in [0.15, 0.2) is 0 Å². The van der Waals surface area contributed by atoms with E-state index in [-0.39, 0.29) is 5.91 Å². The fourth-order valence-corrected chi connectivity index (χ4v) is 3.20. The molecular formula is C16H22N4O. The third kappa shape index (κ3) is 2.52. The van der Waals surface area contributed by atoms with Gasteiger partial charge in [0.1, 0.15) is 5.52 Å². The Bertz CT molecular complexity index is 649. The predicted octanol–water partition coefficient (Wildman–Crippen LogP) is 2.86. The molecule has 1 aliphatic rings. The Hall–Kier alpha value is -1.91. The topological polar surface area (TPSA) is 51.0 Å². The van der Waals surface area contributed by atoms with Gasteiger partial charge in [-0.2, -0.15) is 0 Å². The molecule has 1 aliphatic heterocycles. The number of rotatable bonds is 3. The number of fused-ring (bicyclic) bond motifs is 1. The van der Waals surface area contributed by atoms with E-state index < -0.39 is 0 Å². The SMILES string of the molecule is CCC1CCCCN1C(=O)c1ccc2c(c1)nnn2CC. The molecule has 5 nitrogen and oxygen atoms in total. The van der Waals surface area contributed by atoms with Gasteiger partial charge < -0.3 is 4.90 Å². The van der Waals surface area contributed by atoms with E-state index in [4.69, 9.17) is 0 Å². The second-order valence-electron chi connectivity index (χ2n) is 5.67. The minimum absolute atomic E-state index is 0.134. The van der Waals surface area contributed by atoms with Gasteiger partial charge in [-0.3, -0.25) is 4.79 Å². The van der Waals surface area contributed by atoms with E-state index >= 15 is 0 Å². The minimum atomic E-state index is 0.134. The van der Waals surface area contributed by atoms with Gasteiger partial charge in [0.05, 0.1) is 5.52 Å². The number of likely N-dealkylation sites (tertiary alicyclic amines) is 1. The molecule has 0 N–H and O–H groups in total. The van der Waals surface area contributed by atoms with Crippen LogP contribution in [0.25, 0.3) is 11.0 Å². The molecule has 1 saturated heterocycles. The van der Waals surface area contributed by atoms with E-state index in [1.165, 1.54) is 6.42 Å². The molecule has 3 rings (SSSR count). The lowest BCUT2D eigenvalue weighted by atomic mass is 9.99. The van der Waals surface area contributed by atoms with Crippen molar-refractivity contribution in [3.63, 3.8) is 0 Å². The standard InChI is InChI=1S/C16H22N4O/c1-3-13-7-5-6-10-19(13)16(21)12-8-9-15-14(11-12)17-18-20(15)4-2/h8-9,11,13H,3-7,10H2,1-2H3. The van der Waals surface area contributed by atoms with Crippen molar-refractivity contribution in [2.45, 2.75) is 52.1 Å². The van der Waals surface area contributed by atoms with Crippen LogP contribution in [0.3, 0.4) is 0 Å². The molecule has 0 bridgehead atoms. The van der Waals surface area contributed by atoms with E-state index in [0.717, 1.165) is 48.9 Å². The quantitative estimate of drug-likeness (QED) is 0.871. The Morgan fingerprint density at radius 3 is 2.95 bits per heavy atom. The molecule has 1 atom stereocenters. The summed E-state index contributed by atoms with van der Waals surface area (Å²) < 4.78 is 1.85. The molecule has 5 heteroatoms. The van der Waals surface area contributed by atoms with E-state index in [0.29, 0.717) is 6.04 Å². The Morgan fingerprint density at radius 1 is 1.33 bits per heavy atom. The lowest BCUT2D eigenvalue weighted by molar-refractivity contribution is 0.0608. The van der Waals surface area contributed by atoms with Gasteiger partial charge in [0.25, 0.3) is 5.91 Å². The number of hydrogen-bond acceptors (Lipinski definition) is 3. The van der Waals surface area contributed by atoms with Gasteiger partial charge in [-0.05, 0) is 50.8 Å². The van der Waals surface area contributed by atoms with Crippen molar-refractivity contribution in [2.75, 3.05) is 6.54 Å². The van der Waals surface area contributed by atoms with Gasteiger partial charge in [0, 0.05) is 24.7 Å². The van der Waals surface area contributed by atoms with Crippen molar-refractivity contribution >= 4 is 16.9 Å². The molecule has 1 amide bonds. The second-order valence-corrected chi connectivity index (χ2v) is 5.67. The van der Waals surface area contributed by atoms with Crippen molar-refractivity contribution in [3.8, 4) is 0 Å². The average Bonchev–Trinajstić information content (AvgIpc) is 2.96. The van der Waals surface area contributed by atoms with Gasteiger partial charge in [-0.1, -0.05) is 12.1 Å². The highest BCUT2D eigenvalue weighted by Crippen LogP contribution is 2.23. The molecular weight excluding hydrogens is 264 g/mol. The second kappa shape index (κ2) is 5.84. The fraction of sp³-hybridized carbons (Fsp3) is 0.562. The number of nitrogens with zero attached hydrogens (tertiary/aromatic N) is 4. The summed E-state index contributed by atoms with van der Waals surface area (Å²) in [6, 6.07) is 6.12. The molecule has 21 heavy (non-hydrogen) atoms. The van der Waals surface area contributed by atoms with Gasteiger partial charge in [-0.25, -0.2) is 4.68 Å². The van der Waals surface area contributed by atoms with Crippen molar-refractivity contribution in [2.24, 2.45) is 0 Å². The van der Waals surface area contributed by atoms with E-state index in [2.05, 4.69) is 17.2 Å². The van der Waals surface area contributed by atoms with Crippen LogP contribution in [0.5, 0.6) is 0 Å². The number of amides is 1. The Morgan fingerprint density at radius 2 is 2.19 bits per heavy atom. The number of carbonyl (C=O) groups is 1. The number of piperidine rings is 1. The third-order valence-corrected chi connectivity index (χ3v) is 4.42.